The maximum atomic E-state index is 12.9. The van der Waals surface area contributed by atoms with E-state index in [-0.39, 0.29) is 11.6 Å². The van der Waals surface area contributed by atoms with Crippen LogP contribution in [0.5, 0.6) is 0 Å². The molecule has 1 saturated carbocycles. The largest absolute Gasteiger partial charge is 0.378 e. The van der Waals surface area contributed by atoms with Crippen molar-refractivity contribution in [1.82, 2.24) is 13.9 Å². The minimum absolute atomic E-state index is 0.0269. The van der Waals surface area contributed by atoms with E-state index >= 15 is 0 Å². The Labute approximate surface area is 136 Å². The van der Waals surface area contributed by atoms with Gasteiger partial charge in [-0.15, -0.1) is 0 Å². The van der Waals surface area contributed by atoms with Crippen molar-refractivity contribution >= 4 is 10.0 Å². The van der Waals surface area contributed by atoms with Crippen molar-refractivity contribution in [3.05, 3.63) is 12.0 Å². The summed E-state index contributed by atoms with van der Waals surface area (Å²) in [7, 11) is -2.38. The van der Waals surface area contributed by atoms with Crippen LogP contribution in [0.15, 0.2) is 11.2 Å². The van der Waals surface area contributed by atoms with Crippen molar-refractivity contribution in [2.45, 2.75) is 49.7 Å². The number of nitrogens with zero attached hydrogens (tertiary/aromatic N) is 4. The summed E-state index contributed by atoms with van der Waals surface area (Å²) >= 11 is 0. The zero-order chi connectivity index (χ0) is 16.7. The first kappa shape index (κ1) is 16.4. The first-order valence-corrected chi connectivity index (χ1v) is 9.41. The highest BCUT2D eigenvalue weighted by Gasteiger charge is 2.46. The highest BCUT2D eigenvalue weighted by atomic mass is 32.2. The Kier molecular flexibility index (Phi) is 4.21. The number of hydrogen-bond acceptors (Lipinski definition) is 5. The van der Waals surface area contributed by atoms with Crippen LogP contribution in [0, 0.1) is 17.2 Å². The van der Waals surface area contributed by atoms with E-state index in [0.717, 1.165) is 16.7 Å². The first-order valence-electron chi connectivity index (χ1n) is 7.97. The Morgan fingerprint density at radius 3 is 2.83 bits per heavy atom. The Morgan fingerprint density at radius 1 is 1.57 bits per heavy atom. The zero-order valence-electron chi connectivity index (χ0n) is 13.5. The van der Waals surface area contributed by atoms with Crippen molar-refractivity contribution in [2.24, 2.45) is 5.92 Å². The number of ether oxygens (including phenoxy) is 1. The summed E-state index contributed by atoms with van der Waals surface area (Å²) in [6.45, 7) is 3.28. The lowest BCUT2D eigenvalue weighted by molar-refractivity contribution is 0.162. The van der Waals surface area contributed by atoms with E-state index in [1.54, 1.807) is 6.20 Å². The fourth-order valence-electron chi connectivity index (χ4n) is 2.90. The second-order valence-electron chi connectivity index (χ2n) is 6.36. The standard InChI is InChI=1S/C15H22N4O3S/c1-3-13-17-14(9-19(13)8-12-4-5-12)23(20,21)18(2)15(10-16)6-7-22-11-15/h9,12H,3-8,11H2,1-2H3. The molecule has 0 spiro atoms. The summed E-state index contributed by atoms with van der Waals surface area (Å²) in [4.78, 5) is 4.32. The number of aryl methyl sites for hydroxylation is 1. The quantitative estimate of drug-likeness (QED) is 0.776. The van der Waals surface area contributed by atoms with E-state index in [4.69, 9.17) is 4.74 Å². The molecule has 23 heavy (non-hydrogen) atoms. The molecule has 1 aliphatic heterocycles. The monoisotopic (exact) mass is 338 g/mol. The predicted octanol–water partition coefficient (Wildman–Crippen LogP) is 1.16. The third kappa shape index (κ3) is 2.89. The van der Waals surface area contributed by atoms with E-state index in [1.807, 2.05) is 11.5 Å². The number of sulfonamides is 1. The van der Waals surface area contributed by atoms with E-state index in [2.05, 4.69) is 11.1 Å². The number of rotatable bonds is 6. The van der Waals surface area contributed by atoms with Gasteiger partial charge in [0.25, 0.3) is 10.0 Å². The van der Waals surface area contributed by atoms with Gasteiger partial charge in [0.15, 0.2) is 5.03 Å². The number of nitriles is 1. The molecule has 0 N–H and O–H groups in total. The number of hydrogen-bond donors (Lipinski definition) is 0. The van der Waals surface area contributed by atoms with Gasteiger partial charge in [0.1, 0.15) is 11.4 Å². The maximum absolute atomic E-state index is 12.9. The van der Waals surface area contributed by atoms with Crippen molar-refractivity contribution in [3.8, 4) is 6.07 Å². The number of likely N-dealkylation sites (N-methyl/N-ethyl adjacent to an activating group) is 1. The van der Waals surface area contributed by atoms with Crippen LogP contribution in [0.25, 0.3) is 0 Å². The summed E-state index contributed by atoms with van der Waals surface area (Å²) in [6.07, 6.45) is 5.06. The van der Waals surface area contributed by atoms with Crippen LogP contribution in [0.1, 0.15) is 32.0 Å². The molecule has 1 unspecified atom stereocenters. The van der Waals surface area contributed by atoms with Crippen LogP contribution in [-0.4, -0.2) is 48.1 Å². The Morgan fingerprint density at radius 2 is 2.30 bits per heavy atom. The molecule has 2 fully saturated rings. The Balaban J connectivity index is 1.92. The van der Waals surface area contributed by atoms with Gasteiger partial charge in [0, 0.05) is 39.2 Å². The van der Waals surface area contributed by atoms with Crippen molar-refractivity contribution in [2.75, 3.05) is 20.3 Å². The molecule has 0 radical (unpaired) electrons. The van der Waals surface area contributed by atoms with Gasteiger partial charge >= 0.3 is 0 Å². The fourth-order valence-corrected chi connectivity index (χ4v) is 4.31. The van der Waals surface area contributed by atoms with E-state index in [1.165, 1.54) is 19.9 Å². The summed E-state index contributed by atoms with van der Waals surface area (Å²) in [6, 6.07) is 2.12. The van der Waals surface area contributed by atoms with Crippen LogP contribution in [-0.2, 0) is 27.7 Å². The van der Waals surface area contributed by atoms with Crippen LogP contribution >= 0.6 is 0 Å². The van der Waals surface area contributed by atoms with Crippen LogP contribution in [0.3, 0.4) is 0 Å². The average Bonchev–Trinajstić information content (AvgIpc) is 3.06. The van der Waals surface area contributed by atoms with E-state index in [0.29, 0.717) is 25.4 Å². The lowest BCUT2D eigenvalue weighted by atomic mass is 10.0. The molecule has 1 aromatic rings. The molecule has 2 aliphatic rings. The lowest BCUT2D eigenvalue weighted by Crippen LogP contribution is -2.49. The van der Waals surface area contributed by atoms with Crippen molar-refractivity contribution in [3.63, 3.8) is 0 Å². The maximum Gasteiger partial charge on any atom is 0.263 e. The van der Waals surface area contributed by atoms with Gasteiger partial charge in [-0.1, -0.05) is 6.92 Å². The molecule has 1 atom stereocenters. The van der Waals surface area contributed by atoms with Gasteiger partial charge in [0.05, 0.1) is 12.7 Å². The van der Waals surface area contributed by atoms with Crippen molar-refractivity contribution in [1.29, 1.82) is 5.26 Å². The number of imidazole rings is 1. The molecule has 3 rings (SSSR count). The van der Waals surface area contributed by atoms with E-state index < -0.39 is 15.6 Å². The molecule has 126 valence electrons. The summed E-state index contributed by atoms with van der Waals surface area (Å²) in [5, 5.41) is 9.50. The Bertz CT molecular complexity index is 724. The molecule has 7 nitrogen and oxygen atoms in total. The molecule has 0 aromatic carbocycles. The van der Waals surface area contributed by atoms with Crippen LogP contribution in [0.2, 0.25) is 0 Å². The van der Waals surface area contributed by atoms with Gasteiger partial charge < -0.3 is 9.30 Å². The highest BCUT2D eigenvalue weighted by molar-refractivity contribution is 7.89. The Hall–Kier alpha value is -1.43. The first-order chi connectivity index (χ1) is 10.9. The molecule has 1 saturated heterocycles. The molecule has 2 heterocycles. The summed E-state index contributed by atoms with van der Waals surface area (Å²) in [5.41, 5.74) is -1.13. The second kappa shape index (κ2) is 5.89. The average molecular weight is 338 g/mol. The molecule has 8 heteroatoms. The zero-order valence-corrected chi connectivity index (χ0v) is 14.3. The molecular weight excluding hydrogens is 316 g/mol. The van der Waals surface area contributed by atoms with E-state index in [9.17, 15) is 13.7 Å². The summed E-state index contributed by atoms with van der Waals surface area (Å²) < 4.78 is 34.2. The van der Waals surface area contributed by atoms with Gasteiger partial charge in [0.2, 0.25) is 0 Å². The smallest absolute Gasteiger partial charge is 0.263 e. The van der Waals surface area contributed by atoms with Crippen LogP contribution < -0.4 is 0 Å². The van der Waals surface area contributed by atoms with Crippen molar-refractivity contribution < 1.29 is 13.2 Å². The lowest BCUT2D eigenvalue weighted by Gasteiger charge is -2.29. The second-order valence-corrected chi connectivity index (χ2v) is 8.28. The van der Waals surface area contributed by atoms with Gasteiger partial charge in [-0.3, -0.25) is 0 Å². The fraction of sp³-hybridized carbons (Fsp3) is 0.733. The SMILES string of the molecule is CCc1nc(S(=O)(=O)N(C)C2(C#N)CCOC2)cn1CC1CC1. The van der Waals surface area contributed by atoms with Gasteiger partial charge in [-0.25, -0.2) is 13.4 Å². The normalized spacial score (nSPS) is 25.0. The topological polar surface area (TPSA) is 88.2 Å². The van der Waals surface area contributed by atoms with Gasteiger partial charge in [-0.05, 0) is 18.8 Å². The molecular formula is C15H22N4O3S. The van der Waals surface area contributed by atoms with Crippen LogP contribution in [0.4, 0.5) is 0 Å². The number of aromatic nitrogens is 2. The molecule has 0 bridgehead atoms. The highest BCUT2D eigenvalue weighted by Crippen LogP contribution is 2.33. The minimum Gasteiger partial charge on any atom is -0.378 e. The third-order valence-corrected chi connectivity index (χ3v) is 6.54. The minimum atomic E-state index is -3.82. The third-order valence-electron chi connectivity index (χ3n) is 4.74. The molecule has 1 aromatic heterocycles. The predicted molar refractivity (Wildman–Crippen MR) is 83.1 cm³/mol. The molecule has 1 aliphatic carbocycles. The van der Waals surface area contributed by atoms with Gasteiger partial charge in [-0.2, -0.15) is 9.57 Å². The summed E-state index contributed by atoms with van der Waals surface area (Å²) in [5.74, 6) is 1.41. The molecule has 0 amide bonds.